The van der Waals surface area contributed by atoms with E-state index in [2.05, 4.69) is 11.1 Å². The van der Waals surface area contributed by atoms with Crippen molar-refractivity contribution in [2.45, 2.75) is 31.1 Å². The molecule has 0 bridgehead atoms. The summed E-state index contributed by atoms with van der Waals surface area (Å²) in [4.78, 5) is 17.8. The highest BCUT2D eigenvalue weighted by atomic mass is 32.2. The number of hydrogen-bond acceptors (Lipinski definition) is 5. The molecule has 4 nitrogen and oxygen atoms in total. The normalized spacial score (nSPS) is 18.0. The summed E-state index contributed by atoms with van der Waals surface area (Å²) in [5.41, 5.74) is 0.490. The van der Waals surface area contributed by atoms with Crippen LogP contribution in [0.5, 0.6) is 0 Å². The van der Waals surface area contributed by atoms with Crippen molar-refractivity contribution < 1.29 is 23.5 Å². The number of carbonyl (C=O) groups excluding carboxylic acids is 1. The molecule has 0 fully saturated rings. The maximum atomic E-state index is 13.2. The molecular weight excluding hydrogens is 360 g/mol. The van der Waals surface area contributed by atoms with Gasteiger partial charge in [0, 0.05) is 17.7 Å². The number of aliphatic hydroxyl groups is 1. The van der Waals surface area contributed by atoms with Crippen LogP contribution in [0.1, 0.15) is 26.2 Å². The molecule has 0 saturated carbocycles. The van der Waals surface area contributed by atoms with Gasteiger partial charge in [-0.05, 0) is 43.2 Å². The summed E-state index contributed by atoms with van der Waals surface area (Å²) in [5.74, 6) is 0.924. The predicted molar refractivity (Wildman–Crippen MR) is 97.0 cm³/mol. The van der Waals surface area contributed by atoms with Gasteiger partial charge in [0.1, 0.15) is 5.76 Å². The number of hydrogen-bond donors (Lipinski definition) is 1. The van der Waals surface area contributed by atoms with Gasteiger partial charge in [-0.3, -0.25) is 4.79 Å². The first kappa shape index (κ1) is 20.0. The molecule has 7 heteroatoms. The number of benzene rings is 1. The zero-order chi connectivity index (χ0) is 19.1. The minimum atomic E-state index is -0.880. The third kappa shape index (κ3) is 5.33. The van der Waals surface area contributed by atoms with E-state index >= 15 is 0 Å². The Kier molecular flexibility index (Phi) is 7.22. The molecule has 138 valence electrons. The van der Waals surface area contributed by atoms with Crippen LogP contribution in [0.2, 0.25) is 0 Å². The minimum absolute atomic E-state index is 0.00497. The average Bonchev–Trinajstić information content (AvgIpc) is 2.58. The largest absolute Gasteiger partial charge is 0.511 e. The van der Waals surface area contributed by atoms with E-state index in [4.69, 9.17) is 11.3 Å². The number of Topliss-reactive ketones (excluding diaryl/α,β-unsaturated/α-hetero) is 1. The van der Waals surface area contributed by atoms with E-state index in [0.717, 1.165) is 12.1 Å². The summed E-state index contributed by atoms with van der Waals surface area (Å²) >= 11 is 1.38. The molecule has 1 aromatic rings. The van der Waals surface area contributed by atoms with Crippen LogP contribution in [0.3, 0.4) is 0 Å². The fourth-order valence-corrected chi connectivity index (χ4v) is 3.75. The molecule has 0 amide bonds. The third-order valence-corrected chi connectivity index (χ3v) is 4.95. The molecule has 26 heavy (non-hydrogen) atoms. The molecule has 0 aliphatic heterocycles. The van der Waals surface area contributed by atoms with Crippen LogP contribution in [0, 0.1) is 29.9 Å². The molecule has 1 atom stereocenters. The lowest BCUT2D eigenvalue weighted by molar-refractivity contribution is -0.116. The van der Waals surface area contributed by atoms with Crippen LogP contribution in [0.15, 0.2) is 39.6 Å². The van der Waals surface area contributed by atoms with E-state index in [1.165, 1.54) is 17.8 Å². The maximum absolute atomic E-state index is 13.2. The lowest BCUT2D eigenvalue weighted by atomic mass is 9.84. The zero-order valence-electron chi connectivity index (χ0n) is 14.3. The highest BCUT2D eigenvalue weighted by Crippen LogP contribution is 2.31. The van der Waals surface area contributed by atoms with E-state index in [0.29, 0.717) is 35.6 Å². The summed E-state index contributed by atoms with van der Waals surface area (Å²) in [6.45, 7) is 1.57. The van der Waals surface area contributed by atoms with Crippen molar-refractivity contribution in [2.75, 3.05) is 12.4 Å². The van der Waals surface area contributed by atoms with Crippen molar-refractivity contribution in [3.63, 3.8) is 0 Å². The molecule has 1 aromatic carbocycles. The van der Waals surface area contributed by atoms with Gasteiger partial charge in [-0.1, -0.05) is 11.1 Å². The van der Waals surface area contributed by atoms with E-state index in [-0.39, 0.29) is 29.6 Å². The number of ketones is 1. The number of terminal acetylenes is 1. The molecule has 1 aliphatic carbocycles. The van der Waals surface area contributed by atoms with E-state index in [1.54, 1.807) is 6.92 Å². The Morgan fingerprint density at radius 1 is 1.42 bits per heavy atom. The quantitative estimate of drug-likeness (QED) is 0.253. The van der Waals surface area contributed by atoms with Crippen molar-refractivity contribution >= 4 is 23.3 Å². The molecule has 0 saturated heterocycles. The first-order valence-corrected chi connectivity index (χ1v) is 9.04. The second-order valence-electron chi connectivity index (χ2n) is 5.89. The number of halogens is 2. The Morgan fingerprint density at radius 3 is 2.85 bits per heavy atom. The molecule has 0 spiro atoms. The summed E-state index contributed by atoms with van der Waals surface area (Å²) in [6, 6.07) is 3.76. The highest BCUT2D eigenvalue weighted by Gasteiger charge is 2.29. The van der Waals surface area contributed by atoms with Crippen molar-refractivity contribution in [1.82, 2.24) is 0 Å². The van der Waals surface area contributed by atoms with Crippen molar-refractivity contribution in [1.29, 1.82) is 0 Å². The number of thioether (sulfide) groups is 1. The number of allylic oxidation sites excluding steroid dienone is 2. The smallest absolute Gasteiger partial charge is 0.177 e. The second-order valence-corrected chi connectivity index (χ2v) is 7.05. The number of carbonyl (C=O) groups is 1. The van der Waals surface area contributed by atoms with Crippen LogP contribution in [0.4, 0.5) is 8.78 Å². The average molecular weight is 379 g/mol. The Morgan fingerprint density at radius 2 is 2.19 bits per heavy atom. The first-order chi connectivity index (χ1) is 12.4. The Labute approximate surface area is 155 Å². The standard InChI is InChI=1S/C19H19F2NO3S/c1-3-7-25-22-12(2)19-17(23)9-13(10-18(19)24)6-8-26-14-4-5-15(20)16(21)11-14/h1,4-5,11,13,23H,6-10H2,2H3. The number of rotatable bonds is 7. The zero-order valence-corrected chi connectivity index (χ0v) is 15.1. The molecule has 0 heterocycles. The van der Waals surface area contributed by atoms with Crippen LogP contribution < -0.4 is 0 Å². The lowest BCUT2D eigenvalue weighted by Gasteiger charge is -2.23. The maximum Gasteiger partial charge on any atom is 0.177 e. The third-order valence-electron chi connectivity index (χ3n) is 3.92. The van der Waals surface area contributed by atoms with Crippen molar-refractivity contribution in [3.05, 3.63) is 41.2 Å². The van der Waals surface area contributed by atoms with Crippen molar-refractivity contribution in [2.24, 2.45) is 11.1 Å². The summed E-state index contributed by atoms with van der Waals surface area (Å²) < 4.78 is 26.1. The minimum Gasteiger partial charge on any atom is -0.511 e. The molecule has 1 unspecified atom stereocenters. The summed E-state index contributed by atoms with van der Waals surface area (Å²) in [6.07, 6.45) is 6.37. The van der Waals surface area contributed by atoms with Gasteiger partial charge < -0.3 is 9.94 Å². The first-order valence-electron chi connectivity index (χ1n) is 8.06. The topological polar surface area (TPSA) is 58.9 Å². The Bertz CT molecular complexity index is 783. The van der Waals surface area contributed by atoms with Crippen LogP contribution in [-0.4, -0.2) is 29.0 Å². The van der Waals surface area contributed by atoms with E-state index < -0.39 is 11.6 Å². The summed E-state index contributed by atoms with van der Waals surface area (Å²) in [7, 11) is 0. The van der Waals surface area contributed by atoms with Gasteiger partial charge >= 0.3 is 0 Å². The fraction of sp³-hybridized carbons (Fsp3) is 0.368. The predicted octanol–water partition coefficient (Wildman–Crippen LogP) is 4.26. The Balaban J connectivity index is 1.92. The van der Waals surface area contributed by atoms with E-state index in [9.17, 15) is 18.7 Å². The lowest BCUT2D eigenvalue weighted by Crippen LogP contribution is -2.24. The summed E-state index contributed by atoms with van der Waals surface area (Å²) in [5, 5.41) is 13.9. The van der Waals surface area contributed by atoms with Gasteiger partial charge in [-0.25, -0.2) is 8.78 Å². The van der Waals surface area contributed by atoms with Gasteiger partial charge in [0.15, 0.2) is 24.0 Å². The van der Waals surface area contributed by atoms with Crippen LogP contribution in [-0.2, 0) is 9.63 Å². The van der Waals surface area contributed by atoms with Crippen LogP contribution in [0.25, 0.3) is 0 Å². The fourth-order valence-electron chi connectivity index (χ4n) is 2.71. The van der Waals surface area contributed by atoms with Gasteiger partial charge in [0.25, 0.3) is 0 Å². The molecule has 2 rings (SSSR count). The molecule has 1 N–H and O–H groups in total. The monoisotopic (exact) mass is 379 g/mol. The van der Waals surface area contributed by atoms with Gasteiger partial charge in [-0.2, -0.15) is 0 Å². The van der Waals surface area contributed by atoms with Gasteiger partial charge in [0.2, 0.25) is 0 Å². The van der Waals surface area contributed by atoms with E-state index in [1.807, 2.05) is 0 Å². The highest BCUT2D eigenvalue weighted by molar-refractivity contribution is 7.99. The number of aliphatic hydroxyl groups excluding tert-OH is 1. The van der Waals surface area contributed by atoms with Crippen molar-refractivity contribution in [3.8, 4) is 12.3 Å². The van der Waals surface area contributed by atoms with Gasteiger partial charge in [-0.15, -0.1) is 18.2 Å². The Hall–Kier alpha value is -2.33. The molecule has 1 aliphatic rings. The van der Waals surface area contributed by atoms with Gasteiger partial charge in [0.05, 0.1) is 11.3 Å². The van der Waals surface area contributed by atoms with Crippen LogP contribution >= 0.6 is 11.8 Å². The molecule has 0 aromatic heterocycles. The number of nitrogens with zero attached hydrogens (tertiary/aromatic N) is 1. The second kappa shape index (κ2) is 9.39. The molecule has 0 radical (unpaired) electrons. The SMILES string of the molecule is C#CCON=C(C)C1=C(O)CC(CCSc2ccc(F)c(F)c2)CC1=O. The molecular formula is C19H19F2NO3S. The number of oxime groups is 1.